The van der Waals surface area contributed by atoms with Crippen molar-refractivity contribution in [1.29, 1.82) is 5.26 Å². The minimum atomic E-state index is 0.295. The molecule has 0 radical (unpaired) electrons. The maximum atomic E-state index is 9.01. The first-order valence-electron chi connectivity index (χ1n) is 6.55. The van der Waals surface area contributed by atoms with Crippen LogP contribution in [0.25, 0.3) is 0 Å². The molecule has 2 saturated carbocycles. The SMILES string of the molecule is Cn1c(NC2CCCC23CCC3)nc(Cl)c1C#N. The van der Waals surface area contributed by atoms with E-state index in [1.165, 1.54) is 38.5 Å². The van der Waals surface area contributed by atoms with E-state index in [9.17, 15) is 0 Å². The van der Waals surface area contributed by atoms with E-state index in [2.05, 4.69) is 16.4 Å². The molecule has 1 unspecified atom stereocenters. The normalized spacial score (nSPS) is 24.8. The van der Waals surface area contributed by atoms with Crippen LogP contribution < -0.4 is 5.32 Å². The smallest absolute Gasteiger partial charge is 0.205 e. The molecular weight excluding hydrogens is 248 g/mol. The van der Waals surface area contributed by atoms with Crippen molar-refractivity contribution in [1.82, 2.24) is 9.55 Å². The number of halogens is 1. The molecule has 1 aromatic heterocycles. The molecule has 2 aliphatic carbocycles. The number of rotatable bonds is 2. The highest BCUT2D eigenvalue weighted by molar-refractivity contribution is 6.30. The molecule has 1 atom stereocenters. The topological polar surface area (TPSA) is 53.6 Å². The minimum Gasteiger partial charge on any atom is -0.352 e. The van der Waals surface area contributed by atoms with Crippen LogP contribution in [0.4, 0.5) is 5.95 Å². The van der Waals surface area contributed by atoms with E-state index >= 15 is 0 Å². The van der Waals surface area contributed by atoms with Crippen LogP contribution in [-0.2, 0) is 7.05 Å². The van der Waals surface area contributed by atoms with Gasteiger partial charge in [-0.3, -0.25) is 0 Å². The molecule has 2 aliphatic rings. The summed E-state index contributed by atoms with van der Waals surface area (Å²) in [6, 6.07) is 2.58. The maximum Gasteiger partial charge on any atom is 0.205 e. The van der Waals surface area contributed by atoms with Gasteiger partial charge in [-0.15, -0.1) is 0 Å². The van der Waals surface area contributed by atoms with E-state index in [1.807, 2.05) is 7.05 Å². The minimum absolute atomic E-state index is 0.295. The van der Waals surface area contributed by atoms with Crippen LogP contribution in [0, 0.1) is 16.7 Å². The van der Waals surface area contributed by atoms with Gasteiger partial charge in [-0.05, 0) is 31.1 Å². The number of anilines is 1. The first-order valence-corrected chi connectivity index (χ1v) is 6.93. The summed E-state index contributed by atoms with van der Waals surface area (Å²) < 4.78 is 1.76. The van der Waals surface area contributed by atoms with Crippen molar-refractivity contribution >= 4 is 17.5 Å². The van der Waals surface area contributed by atoms with Crippen molar-refractivity contribution in [3.63, 3.8) is 0 Å². The highest BCUT2D eigenvalue weighted by atomic mass is 35.5. The Labute approximate surface area is 112 Å². The van der Waals surface area contributed by atoms with Crippen molar-refractivity contribution < 1.29 is 0 Å². The van der Waals surface area contributed by atoms with Crippen molar-refractivity contribution in [2.75, 3.05) is 5.32 Å². The molecule has 1 aromatic rings. The summed E-state index contributed by atoms with van der Waals surface area (Å²) in [5.41, 5.74) is 0.922. The molecule has 2 fully saturated rings. The Morgan fingerprint density at radius 3 is 2.72 bits per heavy atom. The first kappa shape index (κ1) is 11.9. The average molecular weight is 265 g/mol. The molecular formula is C13H17ClN4. The van der Waals surface area contributed by atoms with Gasteiger partial charge in [-0.2, -0.15) is 10.2 Å². The van der Waals surface area contributed by atoms with Gasteiger partial charge in [0, 0.05) is 13.1 Å². The summed E-state index contributed by atoms with van der Waals surface area (Å²) in [5.74, 6) is 0.731. The Kier molecular flexibility index (Phi) is 2.74. The lowest BCUT2D eigenvalue weighted by molar-refractivity contribution is 0.128. The van der Waals surface area contributed by atoms with Crippen molar-refractivity contribution in [3.8, 4) is 6.07 Å². The fourth-order valence-corrected chi connectivity index (χ4v) is 3.71. The van der Waals surface area contributed by atoms with Gasteiger partial charge in [0.2, 0.25) is 5.95 Å². The third kappa shape index (κ3) is 1.61. The predicted octanol–water partition coefficient (Wildman–Crippen LogP) is 3.08. The number of nitrogens with one attached hydrogen (secondary N) is 1. The van der Waals surface area contributed by atoms with Gasteiger partial charge in [-0.1, -0.05) is 24.4 Å². The van der Waals surface area contributed by atoms with Crippen LogP contribution in [0.3, 0.4) is 0 Å². The Hall–Kier alpha value is -1.21. The molecule has 0 aromatic carbocycles. The van der Waals surface area contributed by atoms with Crippen molar-refractivity contribution in [3.05, 3.63) is 10.8 Å². The first-order chi connectivity index (χ1) is 8.66. The molecule has 5 heteroatoms. The van der Waals surface area contributed by atoms with E-state index in [-0.39, 0.29) is 0 Å². The van der Waals surface area contributed by atoms with Crippen molar-refractivity contribution in [2.24, 2.45) is 12.5 Å². The predicted molar refractivity (Wildman–Crippen MR) is 70.5 cm³/mol. The second kappa shape index (κ2) is 4.17. The van der Waals surface area contributed by atoms with Crippen molar-refractivity contribution in [2.45, 2.75) is 44.6 Å². The van der Waals surface area contributed by atoms with Crippen LogP contribution in [0.15, 0.2) is 0 Å². The van der Waals surface area contributed by atoms with Crippen LogP contribution in [0.2, 0.25) is 5.15 Å². The molecule has 96 valence electrons. The van der Waals surface area contributed by atoms with E-state index in [1.54, 1.807) is 4.57 Å². The molecule has 0 aliphatic heterocycles. The van der Waals surface area contributed by atoms with E-state index in [4.69, 9.17) is 16.9 Å². The van der Waals surface area contributed by atoms with E-state index < -0.39 is 0 Å². The quantitative estimate of drug-likeness (QED) is 0.893. The summed E-state index contributed by atoms with van der Waals surface area (Å²) in [7, 11) is 1.84. The lowest BCUT2D eigenvalue weighted by Gasteiger charge is -2.44. The van der Waals surface area contributed by atoms with Crippen LogP contribution in [0.5, 0.6) is 0 Å². The Bertz CT molecular complexity index is 510. The van der Waals surface area contributed by atoms with Crippen LogP contribution in [-0.4, -0.2) is 15.6 Å². The fraction of sp³-hybridized carbons (Fsp3) is 0.692. The van der Waals surface area contributed by atoms with E-state index in [0.29, 0.717) is 22.3 Å². The highest BCUT2D eigenvalue weighted by Crippen LogP contribution is 2.53. The number of imidazole rings is 1. The van der Waals surface area contributed by atoms with Crippen LogP contribution in [0.1, 0.15) is 44.2 Å². The number of nitriles is 1. The third-order valence-electron chi connectivity index (χ3n) is 4.72. The largest absolute Gasteiger partial charge is 0.352 e. The molecule has 18 heavy (non-hydrogen) atoms. The summed E-state index contributed by atoms with van der Waals surface area (Å²) in [4.78, 5) is 4.26. The molecule has 0 saturated heterocycles. The monoisotopic (exact) mass is 264 g/mol. The zero-order valence-corrected chi connectivity index (χ0v) is 11.3. The van der Waals surface area contributed by atoms with Gasteiger partial charge in [-0.25, -0.2) is 0 Å². The molecule has 3 rings (SSSR count). The van der Waals surface area contributed by atoms with Gasteiger partial charge < -0.3 is 9.88 Å². The molecule has 0 bridgehead atoms. The lowest BCUT2D eigenvalue weighted by atomic mass is 9.65. The molecule has 1 N–H and O–H groups in total. The maximum absolute atomic E-state index is 9.01. The standard InChI is InChI=1S/C13H17ClN4/c1-18-9(8-15)11(14)17-12(18)16-10-4-2-5-13(10)6-3-7-13/h10H,2-7H2,1H3,(H,16,17). The second-order valence-corrected chi connectivity index (χ2v) is 5.91. The fourth-order valence-electron chi connectivity index (χ4n) is 3.46. The molecule has 0 amide bonds. The summed E-state index contributed by atoms with van der Waals surface area (Å²) in [5, 5.41) is 12.8. The number of aromatic nitrogens is 2. The van der Waals surface area contributed by atoms with E-state index in [0.717, 1.165) is 5.95 Å². The van der Waals surface area contributed by atoms with Gasteiger partial charge >= 0.3 is 0 Å². The summed E-state index contributed by atoms with van der Waals surface area (Å²) >= 11 is 5.96. The van der Waals surface area contributed by atoms with Gasteiger partial charge in [0.1, 0.15) is 6.07 Å². The van der Waals surface area contributed by atoms with Crippen LogP contribution >= 0.6 is 11.6 Å². The zero-order valence-electron chi connectivity index (χ0n) is 10.5. The molecule has 4 nitrogen and oxygen atoms in total. The number of nitrogens with zero attached hydrogens (tertiary/aromatic N) is 3. The Morgan fingerprint density at radius 2 is 2.17 bits per heavy atom. The van der Waals surface area contributed by atoms with Gasteiger partial charge in [0.25, 0.3) is 0 Å². The number of hydrogen-bond acceptors (Lipinski definition) is 3. The highest BCUT2D eigenvalue weighted by Gasteiger charge is 2.47. The third-order valence-corrected chi connectivity index (χ3v) is 4.98. The Morgan fingerprint density at radius 1 is 1.44 bits per heavy atom. The number of hydrogen-bond donors (Lipinski definition) is 1. The summed E-state index contributed by atoms with van der Waals surface area (Å²) in [6.07, 6.45) is 7.83. The molecule has 1 spiro atoms. The summed E-state index contributed by atoms with van der Waals surface area (Å²) in [6.45, 7) is 0. The molecule has 1 heterocycles. The average Bonchev–Trinajstić information content (AvgIpc) is 2.82. The Balaban J connectivity index is 1.83. The lowest BCUT2D eigenvalue weighted by Crippen LogP contribution is -2.41. The zero-order chi connectivity index (χ0) is 12.8. The van der Waals surface area contributed by atoms with Gasteiger partial charge in [0.05, 0.1) is 0 Å². The van der Waals surface area contributed by atoms with Gasteiger partial charge in [0.15, 0.2) is 10.8 Å². The second-order valence-electron chi connectivity index (χ2n) is 5.55.